The van der Waals surface area contributed by atoms with Gasteiger partial charge in [0.05, 0.1) is 38.7 Å². The van der Waals surface area contributed by atoms with Crippen LogP contribution in [0, 0.1) is 0 Å². The Morgan fingerprint density at radius 2 is 1.28 bits per heavy atom. The van der Waals surface area contributed by atoms with Crippen LogP contribution >= 0.6 is 23.1 Å². The first-order chi connectivity index (χ1) is 19.4. The van der Waals surface area contributed by atoms with Crippen LogP contribution in [0.15, 0.2) is 103 Å². The average Bonchev–Trinajstić information content (AvgIpc) is 3.70. The van der Waals surface area contributed by atoms with Crippen LogP contribution in [0.1, 0.15) is 0 Å². The summed E-state index contributed by atoms with van der Waals surface area (Å²) < 4.78 is 14.3. The Kier molecular flexibility index (Phi) is 4.30. The molecule has 0 N–H and O–H groups in total. The minimum absolute atomic E-state index is 0.653. The van der Waals surface area contributed by atoms with Crippen molar-refractivity contribution in [3.63, 3.8) is 0 Å². The van der Waals surface area contributed by atoms with Gasteiger partial charge in [-0.15, -0.1) is 11.3 Å². The van der Waals surface area contributed by atoms with Gasteiger partial charge >= 0.3 is 0 Å². The third-order valence-electron chi connectivity index (χ3n) is 7.49. The van der Waals surface area contributed by atoms with Crippen LogP contribution in [0.2, 0.25) is 0 Å². The van der Waals surface area contributed by atoms with Crippen molar-refractivity contribution < 1.29 is 0 Å². The van der Waals surface area contributed by atoms with Crippen LogP contribution in [0.4, 0.5) is 0 Å². The number of para-hydroxylation sites is 2. The Balaban J connectivity index is 1.53. The molecule has 0 saturated heterocycles. The second-order valence-corrected chi connectivity index (χ2v) is 11.2. The maximum atomic E-state index is 5.27. The summed E-state index contributed by atoms with van der Waals surface area (Å²) in [5, 5.41) is 5.62. The maximum Gasteiger partial charge on any atom is 0.235 e. The molecule has 0 radical (unpaired) electrons. The number of rotatable bonds is 2. The summed E-state index contributed by atoms with van der Waals surface area (Å²) >= 11 is 3.07. The molecule has 9 aromatic rings. The molecule has 0 fully saturated rings. The van der Waals surface area contributed by atoms with E-state index in [-0.39, 0.29) is 0 Å². The SMILES string of the molecule is c1ccc(-c2nc(-n3c4ccccc4c4c5nsnc5c5c6ccccc6sc5c43)nc3ccccc23)cc1. The Morgan fingerprint density at radius 1 is 0.590 bits per heavy atom. The Labute approximate surface area is 229 Å². The summed E-state index contributed by atoms with van der Waals surface area (Å²) in [5.41, 5.74) is 6.94. The molecular formula is C32H17N5S2. The van der Waals surface area contributed by atoms with Crippen LogP contribution in [0.5, 0.6) is 0 Å². The molecule has 5 nitrogen and oxygen atoms in total. The van der Waals surface area contributed by atoms with E-state index >= 15 is 0 Å². The summed E-state index contributed by atoms with van der Waals surface area (Å²) in [7, 11) is 0. The first-order valence-electron chi connectivity index (χ1n) is 12.7. The minimum atomic E-state index is 0.653. The van der Waals surface area contributed by atoms with Crippen molar-refractivity contribution in [3.8, 4) is 17.2 Å². The van der Waals surface area contributed by atoms with Crippen molar-refractivity contribution in [1.29, 1.82) is 0 Å². The molecule has 0 aliphatic heterocycles. The van der Waals surface area contributed by atoms with Crippen molar-refractivity contribution in [2.45, 2.75) is 0 Å². The number of fused-ring (bicyclic) bond motifs is 11. The monoisotopic (exact) mass is 535 g/mol. The summed E-state index contributed by atoms with van der Waals surface area (Å²) in [5.74, 6) is 0.653. The van der Waals surface area contributed by atoms with Crippen molar-refractivity contribution >= 4 is 87.0 Å². The third kappa shape index (κ3) is 2.88. The molecule has 4 aromatic heterocycles. The molecule has 0 unspecified atom stereocenters. The largest absolute Gasteiger partial charge is 0.276 e. The van der Waals surface area contributed by atoms with E-state index in [1.807, 2.05) is 18.2 Å². The topological polar surface area (TPSA) is 56.5 Å². The van der Waals surface area contributed by atoms with Gasteiger partial charge in [-0.2, -0.15) is 8.75 Å². The van der Waals surface area contributed by atoms with Gasteiger partial charge in [0.25, 0.3) is 0 Å². The molecule has 5 aromatic carbocycles. The lowest BCUT2D eigenvalue weighted by atomic mass is 10.1. The normalized spacial score (nSPS) is 12.1. The lowest BCUT2D eigenvalue weighted by Crippen LogP contribution is -2.03. The molecule has 4 heterocycles. The first-order valence-corrected chi connectivity index (χ1v) is 14.2. The molecule has 0 aliphatic carbocycles. The number of benzene rings is 5. The van der Waals surface area contributed by atoms with Crippen LogP contribution in [0.25, 0.3) is 81.1 Å². The highest BCUT2D eigenvalue weighted by Crippen LogP contribution is 2.47. The number of aromatic nitrogens is 5. The summed E-state index contributed by atoms with van der Waals surface area (Å²) in [6.07, 6.45) is 0. The number of hydrogen-bond acceptors (Lipinski definition) is 6. The zero-order valence-electron chi connectivity index (χ0n) is 20.4. The second-order valence-electron chi connectivity index (χ2n) is 9.60. The van der Waals surface area contributed by atoms with E-state index in [2.05, 4.69) is 89.5 Å². The van der Waals surface area contributed by atoms with Crippen LogP contribution in [-0.4, -0.2) is 23.3 Å². The predicted octanol–water partition coefficient (Wildman–Crippen LogP) is 8.77. The molecule has 7 heteroatoms. The fourth-order valence-electron chi connectivity index (χ4n) is 5.85. The van der Waals surface area contributed by atoms with Gasteiger partial charge in [-0.1, -0.05) is 84.9 Å². The number of nitrogens with zero attached hydrogens (tertiary/aromatic N) is 5. The third-order valence-corrected chi connectivity index (χ3v) is 9.19. The second kappa shape index (κ2) is 7.89. The van der Waals surface area contributed by atoms with Crippen molar-refractivity contribution in [2.24, 2.45) is 0 Å². The minimum Gasteiger partial charge on any atom is -0.276 e. The molecule has 39 heavy (non-hydrogen) atoms. The van der Waals surface area contributed by atoms with E-state index < -0.39 is 0 Å². The van der Waals surface area contributed by atoms with E-state index in [0.29, 0.717) is 5.95 Å². The Hall–Kier alpha value is -4.72. The average molecular weight is 536 g/mol. The Bertz CT molecular complexity index is 2400. The molecule has 182 valence electrons. The van der Waals surface area contributed by atoms with Crippen LogP contribution in [0.3, 0.4) is 0 Å². The van der Waals surface area contributed by atoms with E-state index in [1.165, 1.54) is 26.5 Å². The van der Waals surface area contributed by atoms with Crippen LogP contribution < -0.4 is 0 Å². The number of thiophene rings is 1. The summed E-state index contributed by atoms with van der Waals surface area (Å²) in [6, 6.07) is 35.7. The lowest BCUT2D eigenvalue weighted by molar-refractivity contribution is 1.02. The summed E-state index contributed by atoms with van der Waals surface area (Å²) in [4.78, 5) is 10.4. The van der Waals surface area contributed by atoms with E-state index in [0.717, 1.165) is 60.4 Å². The highest BCUT2D eigenvalue weighted by Gasteiger charge is 2.25. The fourth-order valence-corrected chi connectivity index (χ4v) is 7.65. The molecular weight excluding hydrogens is 519 g/mol. The molecule has 0 spiro atoms. The lowest BCUT2D eigenvalue weighted by Gasteiger charge is -2.12. The van der Waals surface area contributed by atoms with Gasteiger partial charge in [0, 0.05) is 37.2 Å². The molecule has 0 bridgehead atoms. The zero-order chi connectivity index (χ0) is 25.5. The smallest absolute Gasteiger partial charge is 0.235 e. The quantitative estimate of drug-likeness (QED) is 0.222. The molecule has 0 saturated carbocycles. The van der Waals surface area contributed by atoms with Gasteiger partial charge in [0.1, 0.15) is 11.0 Å². The Morgan fingerprint density at radius 3 is 2.15 bits per heavy atom. The molecule has 9 rings (SSSR count). The van der Waals surface area contributed by atoms with E-state index in [4.69, 9.17) is 18.7 Å². The van der Waals surface area contributed by atoms with Crippen LogP contribution in [-0.2, 0) is 0 Å². The van der Waals surface area contributed by atoms with Gasteiger partial charge in [0.2, 0.25) is 5.95 Å². The molecule has 0 amide bonds. The van der Waals surface area contributed by atoms with E-state index in [1.54, 1.807) is 11.3 Å². The van der Waals surface area contributed by atoms with Gasteiger partial charge in [-0.3, -0.25) is 4.57 Å². The van der Waals surface area contributed by atoms with Gasteiger partial charge in [-0.05, 0) is 18.2 Å². The van der Waals surface area contributed by atoms with Gasteiger partial charge in [-0.25, -0.2) is 9.97 Å². The summed E-state index contributed by atoms with van der Waals surface area (Å²) in [6.45, 7) is 0. The van der Waals surface area contributed by atoms with Crippen molar-refractivity contribution in [1.82, 2.24) is 23.3 Å². The zero-order valence-corrected chi connectivity index (χ0v) is 22.0. The van der Waals surface area contributed by atoms with E-state index in [9.17, 15) is 0 Å². The molecule has 0 atom stereocenters. The predicted molar refractivity (Wildman–Crippen MR) is 163 cm³/mol. The highest BCUT2D eigenvalue weighted by atomic mass is 32.1. The molecule has 0 aliphatic rings. The maximum absolute atomic E-state index is 5.27. The fraction of sp³-hybridized carbons (Fsp3) is 0. The van der Waals surface area contributed by atoms with Crippen molar-refractivity contribution in [2.75, 3.05) is 0 Å². The van der Waals surface area contributed by atoms with Gasteiger partial charge < -0.3 is 0 Å². The first kappa shape index (κ1) is 21.2. The number of hydrogen-bond donors (Lipinski definition) is 0. The standard InChI is InChI=1S/C32H17N5S2/c1-2-10-18(11-3-1)27-19-12-4-7-15-22(19)33-32(34-27)37-23-16-8-5-13-20(23)25-28-29(36-39-35-28)26-21-14-6-9-17-24(21)38-31(26)30(25)37/h1-17H. The van der Waals surface area contributed by atoms with Crippen molar-refractivity contribution in [3.05, 3.63) is 103 Å². The highest BCUT2D eigenvalue weighted by molar-refractivity contribution is 7.27. The van der Waals surface area contributed by atoms with Gasteiger partial charge in [0.15, 0.2) is 0 Å².